The molecule has 0 spiro atoms. The van der Waals surface area contributed by atoms with Gasteiger partial charge >= 0.3 is 5.97 Å². The molecule has 0 saturated heterocycles. The van der Waals surface area contributed by atoms with Crippen molar-refractivity contribution in [1.82, 2.24) is 15.3 Å². The van der Waals surface area contributed by atoms with Crippen LogP contribution in [0.25, 0.3) is 11.4 Å². The summed E-state index contributed by atoms with van der Waals surface area (Å²) in [5, 5.41) is 12.7. The van der Waals surface area contributed by atoms with Gasteiger partial charge in [-0.2, -0.15) is 0 Å². The number of H-pyrrole nitrogens is 1. The van der Waals surface area contributed by atoms with E-state index in [1.165, 1.54) is 19.3 Å². The van der Waals surface area contributed by atoms with Crippen molar-refractivity contribution in [2.24, 2.45) is 17.8 Å². The largest absolute Gasteiger partial charge is 0.478 e. The number of nitrogens with one attached hydrogen (secondary N) is 2. The van der Waals surface area contributed by atoms with Gasteiger partial charge in [-0.1, -0.05) is 18.2 Å². The summed E-state index contributed by atoms with van der Waals surface area (Å²) in [5.74, 6) is 2.24. The molecular formula is C30H33N3O3. The molecule has 4 fully saturated rings. The first-order valence-corrected chi connectivity index (χ1v) is 13.2. The van der Waals surface area contributed by atoms with Gasteiger partial charge in [-0.25, -0.2) is 9.78 Å². The number of nitrogens with zero attached hydrogens (tertiary/aromatic N) is 1. The Hall–Kier alpha value is -3.41. The van der Waals surface area contributed by atoms with Gasteiger partial charge < -0.3 is 15.4 Å². The Balaban J connectivity index is 1.16. The molecule has 186 valence electrons. The quantitative estimate of drug-likeness (QED) is 0.410. The monoisotopic (exact) mass is 483 g/mol. The highest BCUT2D eigenvalue weighted by Gasteiger charge is 2.51. The first kappa shape index (κ1) is 23.0. The van der Waals surface area contributed by atoms with Crippen molar-refractivity contribution in [1.29, 1.82) is 0 Å². The van der Waals surface area contributed by atoms with Gasteiger partial charge in [0, 0.05) is 28.6 Å². The van der Waals surface area contributed by atoms with E-state index in [1.807, 2.05) is 37.4 Å². The molecule has 3 aromatic rings. The van der Waals surface area contributed by atoms with Crippen LogP contribution in [0, 0.1) is 24.7 Å². The van der Waals surface area contributed by atoms with E-state index < -0.39 is 5.97 Å². The number of imidazole rings is 1. The smallest absolute Gasteiger partial charge is 0.335 e. The summed E-state index contributed by atoms with van der Waals surface area (Å²) in [6.07, 6.45) is 10.8. The van der Waals surface area contributed by atoms with Crippen LogP contribution in [-0.4, -0.2) is 32.5 Å². The molecule has 0 radical (unpaired) electrons. The molecule has 0 aliphatic heterocycles. The first-order valence-electron chi connectivity index (χ1n) is 13.2. The molecule has 1 aromatic heterocycles. The normalized spacial score (nSPS) is 26.2. The molecular weight excluding hydrogens is 450 g/mol. The number of carboxylic acids is 1. The van der Waals surface area contributed by atoms with E-state index in [0.717, 1.165) is 78.1 Å². The second kappa shape index (κ2) is 8.91. The van der Waals surface area contributed by atoms with E-state index in [9.17, 15) is 14.7 Å². The third-order valence-corrected chi connectivity index (χ3v) is 8.66. The summed E-state index contributed by atoms with van der Waals surface area (Å²) in [6.45, 7) is 2.04. The number of rotatable bonds is 7. The van der Waals surface area contributed by atoms with Crippen LogP contribution in [0.4, 0.5) is 0 Å². The SMILES string of the molecule is Cc1ccc(C(=O)NC23CC4CC(CC(C4)C2)C3)cc1-c1ncc(CCc2cccc(C(=O)O)c2)[nH]1. The van der Waals surface area contributed by atoms with Crippen LogP contribution in [0.2, 0.25) is 0 Å². The number of benzene rings is 2. The maximum absolute atomic E-state index is 13.4. The number of carbonyl (C=O) groups excluding carboxylic acids is 1. The lowest BCUT2D eigenvalue weighted by atomic mass is 9.53. The van der Waals surface area contributed by atoms with Gasteiger partial charge in [-0.05, 0) is 111 Å². The second-order valence-electron chi connectivity index (χ2n) is 11.4. The first-order chi connectivity index (χ1) is 17.4. The Bertz CT molecular complexity index is 1290. The predicted molar refractivity (Wildman–Crippen MR) is 138 cm³/mol. The summed E-state index contributed by atoms with van der Waals surface area (Å²) >= 11 is 0. The molecule has 7 rings (SSSR count). The highest BCUT2D eigenvalue weighted by Crippen LogP contribution is 2.55. The maximum Gasteiger partial charge on any atom is 0.335 e. The lowest BCUT2D eigenvalue weighted by molar-refractivity contribution is -0.0167. The molecule has 6 nitrogen and oxygen atoms in total. The fourth-order valence-electron chi connectivity index (χ4n) is 7.36. The Kier molecular flexibility index (Phi) is 5.70. The van der Waals surface area contributed by atoms with Gasteiger partial charge in [-0.3, -0.25) is 4.79 Å². The topological polar surface area (TPSA) is 95.1 Å². The van der Waals surface area contributed by atoms with Gasteiger partial charge in [0.25, 0.3) is 5.91 Å². The van der Waals surface area contributed by atoms with Crippen molar-refractivity contribution in [2.75, 3.05) is 0 Å². The minimum atomic E-state index is -0.914. The zero-order chi connectivity index (χ0) is 24.9. The number of aromatic nitrogens is 2. The van der Waals surface area contributed by atoms with E-state index in [1.54, 1.807) is 18.2 Å². The minimum absolute atomic E-state index is 0.00727. The van der Waals surface area contributed by atoms with E-state index in [4.69, 9.17) is 0 Å². The number of carboxylic acid groups (broad SMARTS) is 1. The van der Waals surface area contributed by atoms with Crippen LogP contribution in [0.1, 0.15) is 76.1 Å². The van der Waals surface area contributed by atoms with Gasteiger partial charge in [0.15, 0.2) is 0 Å². The highest BCUT2D eigenvalue weighted by molar-refractivity contribution is 5.96. The second-order valence-corrected chi connectivity index (χ2v) is 11.4. The van der Waals surface area contributed by atoms with Gasteiger partial charge in [0.2, 0.25) is 0 Å². The van der Waals surface area contributed by atoms with E-state index in [-0.39, 0.29) is 11.4 Å². The predicted octanol–water partition coefficient (Wildman–Crippen LogP) is 5.57. The number of carbonyl (C=O) groups is 2. The lowest BCUT2D eigenvalue weighted by Gasteiger charge is -2.56. The molecule has 4 aliphatic rings. The van der Waals surface area contributed by atoms with Crippen molar-refractivity contribution in [3.8, 4) is 11.4 Å². The van der Waals surface area contributed by atoms with Crippen LogP contribution in [0.5, 0.6) is 0 Å². The van der Waals surface area contributed by atoms with E-state index in [2.05, 4.69) is 15.3 Å². The van der Waals surface area contributed by atoms with Crippen LogP contribution in [0.15, 0.2) is 48.7 Å². The number of hydrogen-bond acceptors (Lipinski definition) is 3. The molecule has 36 heavy (non-hydrogen) atoms. The number of aryl methyl sites for hydroxylation is 3. The van der Waals surface area contributed by atoms with Crippen molar-refractivity contribution in [2.45, 2.75) is 63.8 Å². The molecule has 0 unspecified atom stereocenters. The average molecular weight is 484 g/mol. The van der Waals surface area contributed by atoms with Crippen molar-refractivity contribution in [3.05, 3.63) is 76.6 Å². The Morgan fingerprint density at radius 3 is 2.42 bits per heavy atom. The summed E-state index contributed by atoms with van der Waals surface area (Å²) in [7, 11) is 0. The Labute approximate surface area is 211 Å². The molecule has 3 N–H and O–H groups in total. The van der Waals surface area contributed by atoms with Crippen LogP contribution in [-0.2, 0) is 12.8 Å². The molecule has 4 aliphatic carbocycles. The van der Waals surface area contributed by atoms with Crippen LogP contribution in [0.3, 0.4) is 0 Å². The van der Waals surface area contributed by atoms with Gasteiger partial charge in [0.1, 0.15) is 5.82 Å². The van der Waals surface area contributed by atoms with Gasteiger partial charge in [-0.15, -0.1) is 0 Å². The molecule has 1 amide bonds. The summed E-state index contributed by atoms with van der Waals surface area (Å²) in [6, 6.07) is 12.9. The Morgan fingerprint density at radius 2 is 1.72 bits per heavy atom. The molecule has 2 aromatic carbocycles. The molecule has 4 saturated carbocycles. The summed E-state index contributed by atoms with van der Waals surface area (Å²) < 4.78 is 0. The number of aromatic amines is 1. The third-order valence-electron chi connectivity index (χ3n) is 8.66. The molecule has 0 atom stereocenters. The third kappa shape index (κ3) is 4.45. The van der Waals surface area contributed by atoms with E-state index >= 15 is 0 Å². The van der Waals surface area contributed by atoms with Crippen LogP contribution < -0.4 is 5.32 Å². The van der Waals surface area contributed by atoms with Crippen molar-refractivity contribution >= 4 is 11.9 Å². The zero-order valence-corrected chi connectivity index (χ0v) is 20.7. The maximum atomic E-state index is 13.4. The number of aromatic carboxylic acids is 1. The van der Waals surface area contributed by atoms with E-state index in [0.29, 0.717) is 11.1 Å². The average Bonchev–Trinajstić information content (AvgIpc) is 3.31. The standard InChI is InChI=1S/C30H33N3O3/c1-18-5-7-23(28(34)33-30-14-20-9-21(15-30)11-22(10-20)16-30)13-26(18)27-31-17-25(32-27)8-6-19-3-2-4-24(12-19)29(35)36/h2-5,7,12-13,17,20-22H,6,8-11,14-16H2,1H3,(H,31,32)(H,33,34)(H,35,36). The minimum Gasteiger partial charge on any atom is -0.478 e. The molecule has 6 heteroatoms. The van der Waals surface area contributed by atoms with Crippen molar-refractivity contribution in [3.63, 3.8) is 0 Å². The highest BCUT2D eigenvalue weighted by atomic mass is 16.4. The zero-order valence-electron chi connectivity index (χ0n) is 20.7. The number of hydrogen-bond donors (Lipinski definition) is 3. The summed E-state index contributed by atoms with van der Waals surface area (Å²) in [5.41, 5.74) is 4.95. The lowest BCUT2D eigenvalue weighted by Crippen LogP contribution is -2.59. The summed E-state index contributed by atoms with van der Waals surface area (Å²) in [4.78, 5) is 32.6. The molecule has 4 bridgehead atoms. The van der Waals surface area contributed by atoms with Crippen LogP contribution >= 0.6 is 0 Å². The van der Waals surface area contributed by atoms with Crippen molar-refractivity contribution < 1.29 is 14.7 Å². The van der Waals surface area contributed by atoms with Gasteiger partial charge in [0.05, 0.1) is 5.56 Å². The Morgan fingerprint density at radius 1 is 1.00 bits per heavy atom. The molecule has 1 heterocycles. The fourth-order valence-corrected chi connectivity index (χ4v) is 7.36. The number of amides is 1. The fraction of sp³-hybridized carbons (Fsp3) is 0.433.